The molecule has 2 N–H and O–H groups in total. The zero-order valence-electron chi connectivity index (χ0n) is 11.0. The van der Waals surface area contributed by atoms with Crippen molar-refractivity contribution in [3.63, 3.8) is 0 Å². The number of nitrogens with zero attached hydrogens (tertiary/aromatic N) is 3. The number of rotatable bonds is 4. The highest BCUT2D eigenvalue weighted by atomic mass is 16.5. The first-order valence-electron chi connectivity index (χ1n) is 6.24. The highest BCUT2D eigenvalue weighted by molar-refractivity contribution is 5.57. The molecule has 0 aliphatic carbocycles. The lowest BCUT2D eigenvalue weighted by atomic mass is 10.3. The highest BCUT2D eigenvalue weighted by Crippen LogP contribution is 2.32. The molecule has 0 bridgehead atoms. The molecular formula is C15H12N4O2. The Hall–Kier alpha value is -3.15. The van der Waals surface area contributed by atoms with Gasteiger partial charge < -0.3 is 15.2 Å². The highest BCUT2D eigenvalue weighted by Gasteiger charge is 2.12. The maximum atomic E-state index is 5.98. The minimum Gasteiger partial charge on any atom is -0.437 e. The number of benzene rings is 1. The third-order valence-corrected chi connectivity index (χ3v) is 2.62. The van der Waals surface area contributed by atoms with Gasteiger partial charge in [-0.3, -0.25) is 4.98 Å². The van der Waals surface area contributed by atoms with E-state index in [9.17, 15) is 0 Å². The van der Waals surface area contributed by atoms with Crippen LogP contribution in [-0.2, 0) is 0 Å². The first kappa shape index (κ1) is 12.9. The van der Waals surface area contributed by atoms with Gasteiger partial charge in [0.05, 0.1) is 6.20 Å². The zero-order valence-corrected chi connectivity index (χ0v) is 11.0. The number of ether oxygens (including phenoxy) is 2. The van der Waals surface area contributed by atoms with Crippen LogP contribution in [0.5, 0.6) is 23.3 Å². The molecule has 2 heterocycles. The van der Waals surface area contributed by atoms with Crippen molar-refractivity contribution in [2.24, 2.45) is 0 Å². The maximum absolute atomic E-state index is 5.98. The lowest BCUT2D eigenvalue weighted by molar-refractivity contribution is 0.437. The monoisotopic (exact) mass is 280 g/mol. The molecule has 2 aromatic heterocycles. The standard InChI is InChI=1S/C15H12N4O2/c16-13-14(20-11-5-2-1-3-6-11)18-10-19-15(13)21-12-7-4-8-17-9-12/h1-10H,16H2. The molecule has 0 saturated carbocycles. The molecule has 0 aliphatic heterocycles. The molecule has 21 heavy (non-hydrogen) atoms. The van der Waals surface area contributed by atoms with Gasteiger partial charge in [-0.1, -0.05) is 18.2 Å². The molecule has 0 fully saturated rings. The fraction of sp³-hybridized carbons (Fsp3) is 0. The van der Waals surface area contributed by atoms with Crippen LogP contribution in [0.3, 0.4) is 0 Å². The number of hydrogen-bond acceptors (Lipinski definition) is 6. The van der Waals surface area contributed by atoms with Gasteiger partial charge in [-0.25, -0.2) is 0 Å². The van der Waals surface area contributed by atoms with E-state index in [4.69, 9.17) is 15.2 Å². The summed E-state index contributed by atoms with van der Waals surface area (Å²) in [4.78, 5) is 12.0. The molecule has 0 aliphatic rings. The average molecular weight is 280 g/mol. The molecule has 104 valence electrons. The van der Waals surface area contributed by atoms with E-state index in [1.807, 2.05) is 30.3 Å². The SMILES string of the molecule is Nc1c(Oc2ccccc2)ncnc1Oc1cccnc1. The summed E-state index contributed by atoms with van der Waals surface area (Å²) in [5, 5.41) is 0. The predicted molar refractivity (Wildman–Crippen MR) is 77.3 cm³/mol. The molecule has 0 unspecified atom stereocenters. The van der Waals surface area contributed by atoms with E-state index in [0.29, 0.717) is 11.5 Å². The predicted octanol–water partition coefficient (Wildman–Crippen LogP) is 3.04. The van der Waals surface area contributed by atoms with Crippen molar-refractivity contribution in [2.75, 3.05) is 5.73 Å². The first-order chi connectivity index (χ1) is 10.3. The lowest BCUT2D eigenvalue weighted by Crippen LogP contribution is -2.00. The van der Waals surface area contributed by atoms with E-state index in [0.717, 1.165) is 0 Å². The van der Waals surface area contributed by atoms with Crippen molar-refractivity contribution >= 4 is 5.69 Å². The summed E-state index contributed by atoms with van der Waals surface area (Å²) < 4.78 is 11.2. The summed E-state index contributed by atoms with van der Waals surface area (Å²) in [6.07, 6.45) is 4.56. The molecule has 0 spiro atoms. The van der Waals surface area contributed by atoms with E-state index in [1.54, 1.807) is 24.5 Å². The van der Waals surface area contributed by atoms with Gasteiger partial charge in [0.25, 0.3) is 0 Å². The fourth-order valence-corrected chi connectivity index (χ4v) is 1.65. The van der Waals surface area contributed by atoms with E-state index >= 15 is 0 Å². The number of nitrogen functional groups attached to an aromatic ring is 1. The van der Waals surface area contributed by atoms with E-state index in [-0.39, 0.29) is 17.4 Å². The minimum absolute atomic E-state index is 0.226. The van der Waals surface area contributed by atoms with Gasteiger partial charge in [-0.15, -0.1) is 0 Å². The summed E-state index contributed by atoms with van der Waals surface area (Å²) in [6, 6.07) is 12.7. The molecule has 0 radical (unpaired) electrons. The zero-order chi connectivity index (χ0) is 14.5. The van der Waals surface area contributed by atoms with Crippen LogP contribution in [0.1, 0.15) is 0 Å². The number of para-hydroxylation sites is 1. The summed E-state index contributed by atoms with van der Waals surface area (Å²) in [6.45, 7) is 0. The maximum Gasteiger partial charge on any atom is 0.249 e. The minimum atomic E-state index is 0.226. The van der Waals surface area contributed by atoms with Crippen molar-refractivity contribution in [1.82, 2.24) is 15.0 Å². The van der Waals surface area contributed by atoms with Crippen LogP contribution < -0.4 is 15.2 Å². The van der Waals surface area contributed by atoms with Crippen LogP contribution in [0.15, 0.2) is 61.2 Å². The normalized spacial score (nSPS) is 10.1. The topological polar surface area (TPSA) is 83.2 Å². The third kappa shape index (κ3) is 3.06. The molecule has 3 aromatic rings. The van der Waals surface area contributed by atoms with E-state index in [2.05, 4.69) is 15.0 Å². The summed E-state index contributed by atoms with van der Waals surface area (Å²) >= 11 is 0. The van der Waals surface area contributed by atoms with Crippen molar-refractivity contribution in [3.05, 3.63) is 61.2 Å². The average Bonchev–Trinajstić information content (AvgIpc) is 2.53. The number of aromatic nitrogens is 3. The van der Waals surface area contributed by atoms with E-state index < -0.39 is 0 Å². The quantitative estimate of drug-likeness (QED) is 0.790. The van der Waals surface area contributed by atoms with Crippen LogP contribution in [0.25, 0.3) is 0 Å². The van der Waals surface area contributed by atoms with Crippen LogP contribution in [0.4, 0.5) is 5.69 Å². The Labute approximate surface area is 121 Å². The number of nitrogens with two attached hydrogens (primary N) is 1. The smallest absolute Gasteiger partial charge is 0.249 e. The van der Waals surface area contributed by atoms with Gasteiger partial charge in [0.15, 0.2) is 5.69 Å². The Balaban J connectivity index is 1.85. The Morgan fingerprint density at radius 1 is 0.810 bits per heavy atom. The first-order valence-corrected chi connectivity index (χ1v) is 6.24. The molecule has 3 rings (SSSR count). The van der Waals surface area contributed by atoms with Crippen molar-refractivity contribution < 1.29 is 9.47 Å². The largest absolute Gasteiger partial charge is 0.437 e. The summed E-state index contributed by atoms with van der Waals surface area (Å²) in [5.74, 6) is 1.64. The van der Waals surface area contributed by atoms with Crippen molar-refractivity contribution in [2.45, 2.75) is 0 Å². The fourth-order valence-electron chi connectivity index (χ4n) is 1.65. The molecule has 0 saturated heterocycles. The van der Waals surface area contributed by atoms with Gasteiger partial charge in [-0.05, 0) is 24.3 Å². The van der Waals surface area contributed by atoms with Crippen molar-refractivity contribution in [1.29, 1.82) is 0 Å². The molecule has 1 aromatic carbocycles. The molecular weight excluding hydrogens is 268 g/mol. The van der Waals surface area contributed by atoms with Gasteiger partial charge in [0, 0.05) is 6.20 Å². The Bertz CT molecular complexity index is 661. The van der Waals surface area contributed by atoms with Crippen molar-refractivity contribution in [3.8, 4) is 23.3 Å². The number of anilines is 1. The Morgan fingerprint density at radius 2 is 1.48 bits per heavy atom. The van der Waals surface area contributed by atoms with Crippen LogP contribution in [0.2, 0.25) is 0 Å². The van der Waals surface area contributed by atoms with Gasteiger partial charge in [0.1, 0.15) is 17.8 Å². The second-order valence-electron chi connectivity index (χ2n) is 4.10. The van der Waals surface area contributed by atoms with Gasteiger partial charge in [-0.2, -0.15) is 9.97 Å². The number of pyridine rings is 1. The molecule has 6 nitrogen and oxygen atoms in total. The third-order valence-electron chi connectivity index (χ3n) is 2.62. The van der Waals surface area contributed by atoms with Crippen LogP contribution in [-0.4, -0.2) is 15.0 Å². The van der Waals surface area contributed by atoms with Crippen LogP contribution in [0, 0.1) is 0 Å². The lowest BCUT2D eigenvalue weighted by Gasteiger charge is -2.10. The summed E-state index contributed by atoms with van der Waals surface area (Å²) in [7, 11) is 0. The molecule has 0 atom stereocenters. The number of hydrogen-bond donors (Lipinski definition) is 1. The Kier molecular flexibility index (Phi) is 3.60. The second-order valence-corrected chi connectivity index (χ2v) is 4.10. The summed E-state index contributed by atoms with van der Waals surface area (Å²) in [5.41, 5.74) is 6.21. The second kappa shape index (κ2) is 5.87. The van der Waals surface area contributed by atoms with Gasteiger partial charge in [0.2, 0.25) is 11.8 Å². The van der Waals surface area contributed by atoms with Gasteiger partial charge >= 0.3 is 0 Å². The molecule has 0 amide bonds. The van der Waals surface area contributed by atoms with E-state index in [1.165, 1.54) is 6.33 Å². The molecule has 6 heteroatoms. The Morgan fingerprint density at radius 3 is 2.14 bits per heavy atom. The van der Waals surface area contributed by atoms with Crippen LogP contribution >= 0.6 is 0 Å².